The Morgan fingerprint density at radius 2 is 2.19 bits per heavy atom. The van der Waals surface area contributed by atoms with Gasteiger partial charge >= 0.3 is 0 Å². The van der Waals surface area contributed by atoms with Crippen LogP contribution >= 0.6 is 15.9 Å². The highest BCUT2D eigenvalue weighted by Crippen LogP contribution is 2.24. The number of nitro benzene ring substituents is 1. The van der Waals surface area contributed by atoms with Gasteiger partial charge in [-0.25, -0.2) is 0 Å². The zero-order valence-electron chi connectivity index (χ0n) is 9.27. The Kier molecular flexibility index (Phi) is 4.73. The van der Waals surface area contributed by atoms with Crippen LogP contribution in [0, 0.1) is 10.1 Å². The van der Waals surface area contributed by atoms with Gasteiger partial charge in [-0.2, -0.15) is 0 Å². The molecule has 0 saturated heterocycles. The summed E-state index contributed by atoms with van der Waals surface area (Å²) in [7, 11) is 1.51. The number of hydrogen-bond acceptors (Lipinski definition) is 3. The van der Waals surface area contributed by atoms with Crippen LogP contribution in [0.2, 0.25) is 0 Å². The molecular formula is C11H14BrNO3. The van der Waals surface area contributed by atoms with E-state index in [0.717, 1.165) is 18.4 Å². The summed E-state index contributed by atoms with van der Waals surface area (Å²) in [5, 5.41) is 10.7. The summed E-state index contributed by atoms with van der Waals surface area (Å²) in [6.07, 6.45) is 1.73. The molecule has 1 aromatic rings. The van der Waals surface area contributed by atoms with Crippen molar-refractivity contribution in [3.8, 4) is 5.75 Å². The molecule has 0 aliphatic heterocycles. The van der Waals surface area contributed by atoms with Crippen molar-refractivity contribution >= 4 is 21.6 Å². The summed E-state index contributed by atoms with van der Waals surface area (Å²) < 4.78 is 5.04. The average molecular weight is 288 g/mol. The van der Waals surface area contributed by atoms with Gasteiger partial charge in [0, 0.05) is 10.9 Å². The van der Waals surface area contributed by atoms with Crippen LogP contribution in [-0.4, -0.2) is 16.9 Å². The SMILES string of the molecule is COc1cc(CCC(C)Br)cc([N+](=O)[O-])c1. The number of non-ortho nitro benzene ring substituents is 1. The van der Waals surface area contributed by atoms with E-state index in [1.807, 2.05) is 6.07 Å². The van der Waals surface area contributed by atoms with Gasteiger partial charge in [0.2, 0.25) is 0 Å². The monoisotopic (exact) mass is 287 g/mol. The van der Waals surface area contributed by atoms with E-state index >= 15 is 0 Å². The van der Waals surface area contributed by atoms with Gasteiger partial charge < -0.3 is 4.74 Å². The fourth-order valence-electron chi connectivity index (χ4n) is 1.38. The lowest BCUT2D eigenvalue weighted by atomic mass is 10.1. The fourth-order valence-corrected chi connectivity index (χ4v) is 1.61. The van der Waals surface area contributed by atoms with E-state index in [2.05, 4.69) is 22.9 Å². The second-order valence-electron chi connectivity index (χ2n) is 3.62. The first-order valence-electron chi connectivity index (χ1n) is 4.99. The Hall–Kier alpha value is -1.10. The first kappa shape index (κ1) is 13.0. The second-order valence-corrected chi connectivity index (χ2v) is 5.18. The zero-order chi connectivity index (χ0) is 12.1. The quantitative estimate of drug-likeness (QED) is 0.474. The summed E-state index contributed by atoms with van der Waals surface area (Å²) in [5.74, 6) is 0.534. The van der Waals surface area contributed by atoms with Crippen LogP contribution in [0.5, 0.6) is 5.75 Å². The van der Waals surface area contributed by atoms with E-state index < -0.39 is 4.92 Å². The minimum absolute atomic E-state index is 0.0802. The van der Waals surface area contributed by atoms with Crippen molar-refractivity contribution in [2.24, 2.45) is 0 Å². The molecule has 4 nitrogen and oxygen atoms in total. The minimum atomic E-state index is -0.399. The molecule has 0 aliphatic rings. The van der Waals surface area contributed by atoms with Crippen LogP contribution in [0.1, 0.15) is 18.9 Å². The Balaban J connectivity index is 2.90. The highest BCUT2D eigenvalue weighted by atomic mass is 79.9. The molecule has 5 heteroatoms. The first-order chi connectivity index (χ1) is 7.52. The molecule has 0 heterocycles. The van der Waals surface area contributed by atoms with Gasteiger partial charge in [0.15, 0.2) is 0 Å². The molecule has 1 rings (SSSR count). The van der Waals surface area contributed by atoms with Crippen molar-refractivity contribution < 1.29 is 9.66 Å². The molecular weight excluding hydrogens is 274 g/mol. The molecule has 0 aliphatic carbocycles. The first-order valence-corrected chi connectivity index (χ1v) is 5.91. The molecule has 1 atom stereocenters. The topological polar surface area (TPSA) is 52.4 Å². The summed E-state index contributed by atoms with van der Waals surface area (Å²) in [4.78, 5) is 10.7. The van der Waals surface area contributed by atoms with Crippen molar-refractivity contribution in [3.63, 3.8) is 0 Å². The number of alkyl halides is 1. The van der Waals surface area contributed by atoms with Gasteiger partial charge in [0.05, 0.1) is 18.1 Å². The lowest BCUT2D eigenvalue weighted by Crippen LogP contribution is -1.97. The molecule has 16 heavy (non-hydrogen) atoms. The number of benzene rings is 1. The van der Waals surface area contributed by atoms with Gasteiger partial charge in [-0.3, -0.25) is 10.1 Å². The summed E-state index contributed by atoms with van der Waals surface area (Å²) in [5.41, 5.74) is 1.01. The Morgan fingerprint density at radius 1 is 1.50 bits per heavy atom. The van der Waals surface area contributed by atoms with E-state index in [0.29, 0.717) is 10.6 Å². The fraction of sp³-hybridized carbons (Fsp3) is 0.455. The average Bonchev–Trinajstić information content (AvgIpc) is 2.25. The number of nitrogens with zero attached hydrogens (tertiary/aromatic N) is 1. The van der Waals surface area contributed by atoms with Gasteiger partial charge in [-0.1, -0.05) is 22.9 Å². The van der Waals surface area contributed by atoms with Gasteiger partial charge in [0.1, 0.15) is 5.75 Å². The molecule has 0 N–H and O–H groups in total. The van der Waals surface area contributed by atoms with Crippen molar-refractivity contribution in [3.05, 3.63) is 33.9 Å². The molecule has 1 unspecified atom stereocenters. The Labute approximate surface area is 103 Å². The van der Waals surface area contributed by atoms with E-state index in [1.54, 1.807) is 6.07 Å². The maximum atomic E-state index is 10.7. The van der Waals surface area contributed by atoms with Crippen molar-refractivity contribution in [2.45, 2.75) is 24.6 Å². The van der Waals surface area contributed by atoms with Crippen LogP contribution < -0.4 is 4.74 Å². The van der Waals surface area contributed by atoms with Crippen molar-refractivity contribution in [2.75, 3.05) is 7.11 Å². The third-order valence-corrected chi connectivity index (χ3v) is 2.69. The number of nitro groups is 1. The maximum absolute atomic E-state index is 10.7. The lowest BCUT2D eigenvalue weighted by molar-refractivity contribution is -0.385. The molecule has 0 bridgehead atoms. The van der Waals surface area contributed by atoms with Gasteiger partial charge in [0.25, 0.3) is 5.69 Å². The van der Waals surface area contributed by atoms with E-state index in [-0.39, 0.29) is 5.69 Å². The predicted molar refractivity (Wildman–Crippen MR) is 66.4 cm³/mol. The standard InChI is InChI=1S/C11H14BrNO3/c1-8(12)3-4-9-5-10(13(14)15)7-11(6-9)16-2/h5-8H,3-4H2,1-2H3. The molecule has 0 spiro atoms. The largest absolute Gasteiger partial charge is 0.496 e. The maximum Gasteiger partial charge on any atom is 0.273 e. The summed E-state index contributed by atoms with van der Waals surface area (Å²) >= 11 is 3.45. The lowest BCUT2D eigenvalue weighted by Gasteiger charge is -2.06. The second kappa shape index (κ2) is 5.84. The summed E-state index contributed by atoms with van der Waals surface area (Å²) in [6, 6.07) is 4.86. The minimum Gasteiger partial charge on any atom is -0.496 e. The molecule has 1 aromatic carbocycles. The van der Waals surface area contributed by atoms with Crippen LogP contribution in [-0.2, 0) is 6.42 Å². The Bertz CT molecular complexity index is 379. The van der Waals surface area contributed by atoms with Crippen LogP contribution in [0.3, 0.4) is 0 Å². The number of ether oxygens (including phenoxy) is 1. The summed E-state index contributed by atoms with van der Waals surface area (Å²) in [6.45, 7) is 2.05. The number of halogens is 1. The van der Waals surface area contributed by atoms with Crippen molar-refractivity contribution in [1.82, 2.24) is 0 Å². The van der Waals surface area contributed by atoms with Crippen LogP contribution in [0.4, 0.5) is 5.69 Å². The van der Waals surface area contributed by atoms with Crippen LogP contribution in [0.25, 0.3) is 0 Å². The number of hydrogen-bond donors (Lipinski definition) is 0. The zero-order valence-corrected chi connectivity index (χ0v) is 10.9. The van der Waals surface area contributed by atoms with Gasteiger partial charge in [-0.05, 0) is 24.5 Å². The number of methoxy groups -OCH3 is 1. The normalized spacial score (nSPS) is 12.2. The predicted octanol–water partition coefficient (Wildman–Crippen LogP) is 3.32. The van der Waals surface area contributed by atoms with Crippen LogP contribution in [0.15, 0.2) is 18.2 Å². The molecule has 0 aromatic heterocycles. The molecule has 0 amide bonds. The third kappa shape index (κ3) is 3.81. The highest BCUT2D eigenvalue weighted by molar-refractivity contribution is 9.09. The van der Waals surface area contributed by atoms with E-state index in [1.165, 1.54) is 13.2 Å². The van der Waals surface area contributed by atoms with E-state index in [9.17, 15) is 10.1 Å². The van der Waals surface area contributed by atoms with Crippen molar-refractivity contribution in [1.29, 1.82) is 0 Å². The molecule has 0 saturated carbocycles. The molecule has 0 fully saturated rings. The smallest absolute Gasteiger partial charge is 0.273 e. The number of rotatable bonds is 5. The third-order valence-electron chi connectivity index (χ3n) is 2.23. The molecule has 88 valence electrons. The highest BCUT2D eigenvalue weighted by Gasteiger charge is 2.10. The number of aryl methyl sites for hydroxylation is 1. The Morgan fingerprint density at radius 3 is 2.69 bits per heavy atom. The van der Waals surface area contributed by atoms with Gasteiger partial charge in [-0.15, -0.1) is 0 Å². The van der Waals surface area contributed by atoms with E-state index in [4.69, 9.17) is 4.74 Å². The molecule has 0 radical (unpaired) electrons.